The van der Waals surface area contributed by atoms with Crippen molar-refractivity contribution in [2.24, 2.45) is 7.05 Å². The van der Waals surface area contributed by atoms with Gasteiger partial charge in [0.2, 0.25) is 0 Å². The van der Waals surface area contributed by atoms with Crippen molar-refractivity contribution < 1.29 is 4.74 Å². The molecule has 19 heavy (non-hydrogen) atoms. The molecule has 3 heterocycles. The molecule has 0 aromatic carbocycles. The number of hydrogen-bond acceptors (Lipinski definition) is 3. The number of nitrogens with zero attached hydrogens (tertiary/aromatic N) is 3. The standard InChI is InChI=1S/C13H21N3O.C2H6/c1-10-7-13(15(2)14-10)11-3-5-16(6-4-11)12-8-17-9-12;1-2/h7,11-12H,3-6,8-9H2,1-2H3;1-2H3. The topological polar surface area (TPSA) is 30.3 Å². The van der Waals surface area contributed by atoms with E-state index in [0.717, 1.165) is 18.9 Å². The van der Waals surface area contributed by atoms with Gasteiger partial charge in [-0.15, -0.1) is 0 Å². The van der Waals surface area contributed by atoms with E-state index in [9.17, 15) is 0 Å². The van der Waals surface area contributed by atoms with Crippen LogP contribution in [0.1, 0.15) is 44.0 Å². The maximum atomic E-state index is 5.27. The van der Waals surface area contributed by atoms with Crippen LogP contribution in [0.25, 0.3) is 0 Å². The lowest BCUT2D eigenvalue weighted by molar-refractivity contribution is -0.0714. The smallest absolute Gasteiger partial charge is 0.0645 e. The average molecular weight is 265 g/mol. The first-order valence-corrected chi connectivity index (χ1v) is 7.56. The quantitative estimate of drug-likeness (QED) is 0.822. The van der Waals surface area contributed by atoms with Crippen molar-refractivity contribution in [3.05, 3.63) is 17.5 Å². The summed E-state index contributed by atoms with van der Waals surface area (Å²) in [5.74, 6) is 0.693. The highest BCUT2D eigenvalue weighted by Crippen LogP contribution is 2.29. The van der Waals surface area contributed by atoms with E-state index >= 15 is 0 Å². The molecule has 0 N–H and O–H groups in total. The summed E-state index contributed by atoms with van der Waals surface area (Å²) in [7, 11) is 2.06. The molecule has 1 aromatic heterocycles. The van der Waals surface area contributed by atoms with Gasteiger partial charge in [0.15, 0.2) is 0 Å². The van der Waals surface area contributed by atoms with Gasteiger partial charge in [-0.05, 0) is 38.9 Å². The highest BCUT2D eigenvalue weighted by atomic mass is 16.5. The van der Waals surface area contributed by atoms with Crippen molar-refractivity contribution in [1.82, 2.24) is 14.7 Å². The van der Waals surface area contributed by atoms with E-state index in [1.807, 2.05) is 13.8 Å². The summed E-state index contributed by atoms with van der Waals surface area (Å²) in [6.45, 7) is 10.4. The van der Waals surface area contributed by atoms with Crippen molar-refractivity contribution in [1.29, 1.82) is 0 Å². The second-order valence-corrected chi connectivity index (χ2v) is 5.34. The Bertz CT molecular complexity index is 390. The first-order chi connectivity index (χ1) is 9.24. The lowest BCUT2D eigenvalue weighted by Crippen LogP contribution is -2.51. The molecule has 4 heteroatoms. The van der Waals surface area contributed by atoms with Crippen LogP contribution in [0.4, 0.5) is 0 Å². The number of ether oxygens (including phenoxy) is 1. The molecule has 0 spiro atoms. The van der Waals surface area contributed by atoms with E-state index in [0.29, 0.717) is 12.0 Å². The highest BCUT2D eigenvalue weighted by molar-refractivity contribution is 5.14. The third-order valence-electron chi connectivity index (χ3n) is 4.12. The number of rotatable bonds is 2. The van der Waals surface area contributed by atoms with Gasteiger partial charge in [-0.2, -0.15) is 5.10 Å². The van der Waals surface area contributed by atoms with Crippen molar-refractivity contribution in [3.8, 4) is 0 Å². The lowest BCUT2D eigenvalue weighted by atomic mass is 9.92. The van der Waals surface area contributed by atoms with Gasteiger partial charge >= 0.3 is 0 Å². The van der Waals surface area contributed by atoms with Crippen LogP contribution >= 0.6 is 0 Å². The van der Waals surface area contributed by atoms with E-state index in [1.54, 1.807) is 0 Å². The minimum Gasteiger partial charge on any atom is -0.378 e. The highest BCUT2D eigenvalue weighted by Gasteiger charge is 2.30. The maximum Gasteiger partial charge on any atom is 0.0645 e. The molecule has 0 atom stereocenters. The second-order valence-electron chi connectivity index (χ2n) is 5.34. The molecule has 0 amide bonds. The average Bonchev–Trinajstić information content (AvgIpc) is 2.70. The van der Waals surface area contributed by atoms with Crippen LogP contribution in [0.5, 0.6) is 0 Å². The van der Waals surface area contributed by atoms with Gasteiger partial charge in [0.05, 0.1) is 24.9 Å². The molecule has 0 aliphatic carbocycles. The molecule has 1 aromatic rings. The fourth-order valence-electron chi connectivity index (χ4n) is 3.01. The van der Waals surface area contributed by atoms with Crippen LogP contribution in [0, 0.1) is 6.92 Å². The van der Waals surface area contributed by atoms with E-state index < -0.39 is 0 Å². The molecule has 0 saturated carbocycles. The summed E-state index contributed by atoms with van der Waals surface area (Å²) in [4.78, 5) is 2.59. The number of aryl methyl sites for hydroxylation is 2. The van der Waals surface area contributed by atoms with Gasteiger partial charge in [-0.1, -0.05) is 13.8 Å². The Balaban J connectivity index is 0.000000637. The first kappa shape index (κ1) is 14.5. The zero-order chi connectivity index (χ0) is 13.8. The molecule has 108 valence electrons. The molecule has 4 nitrogen and oxygen atoms in total. The summed E-state index contributed by atoms with van der Waals surface area (Å²) in [6.07, 6.45) is 2.52. The molecular weight excluding hydrogens is 238 g/mol. The third-order valence-corrected chi connectivity index (χ3v) is 4.12. The number of hydrogen-bond donors (Lipinski definition) is 0. The van der Waals surface area contributed by atoms with Crippen molar-refractivity contribution in [2.75, 3.05) is 26.3 Å². The summed E-state index contributed by atoms with van der Waals surface area (Å²) in [5, 5.41) is 4.45. The monoisotopic (exact) mass is 265 g/mol. The zero-order valence-electron chi connectivity index (χ0n) is 12.7. The molecule has 0 unspecified atom stereocenters. The Labute approximate surface area is 116 Å². The molecule has 0 radical (unpaired) electrons. The summed E-state index contributed by atoms with van der Waals surface area (Å²) >= 11 is 0. The largest absolute Gasteiger partial charge is 0.378 e. The predicted molar refractivity (Wildman–Crippen MR) is 77.4 cm³/mol. The van der Waals surface area contributed by atoms with Gasteiger partial charge in [0.1, 0.15) is 0 Å². The van der Waals surface area contributed by atoms with E-state index in [-0.39, 0.29) is 0 Å². The summed E-state index contributed by atoms with van der Waals surface area (Å²) in [6, 6.07) is 2.94. The van der Waals surface area contributed by atoms with Crippen molar-refractivity contribution >= 4 is 0 Å². The van der Waals surface area contributed by atoms with Crippen molar-refractivity contribution in [2.45, 2.75) is 45.6 Å². The molecule has 2 aliphatic heterocycles. The third kappa shape index (κ3) is 3.18. The van der Waals surface area contributed by atoms with Crippen molar-refractivity contribution in [3.63, 3.8) is 0 Å². The van der Waals surface area contributed by atoms with Crippen LogP contribution in [-0.4, -0.2) is 47.0 Å². The van der Waals surface area contributed by atoms with Gasteiger partial charge in [-0.3, -0.25) is 9.58 Å². The molecule has 2 aliphatic rings. The molecule has 3 rings (SSSR count). The molecule has 0 bridgehead atoms. The van der Waals surface area contributed by atoms with Gasteiger partial charge < -0.3 is 4.74 Å². The zero-order valence-corrected chi connectivity index (χ0v) is 12.7. The molecule has 2 saturated heterocycles. The van der Waals surface area contributed by atoms with Gasteiger partial charge in [0, 0.05) is 18.7 Å². The van der Waals surface area contributed by atoms with Crippen LogP contribution in [0.2, 0.25) is 0 Å². The van der Waals surface area contributed by atoms with E-state index in [1.165, 1.54) is 31.6 Å². The second kappa shape index (κ2) is 6.53. The first-order valence-electron chi connectivity index (χ1n) is 7.56. The predicted octanol–water partition coefficient (Wildman–Crippen LogP) is 2.33. The maximum absolute atomic E-state index is 5.27. The SMILES string of the molecule is CC.Cc1cc(C2CCN(C3COC3)CC2)n(C)n1. The number of piperidine rings is 1. The Morgan fingerprint density at radius 1 is 1.21 bits per heavy atom. The van der Waals surface area contributed by atoms with Crippen LogP contribution in [0.3, 0.4) is 0 Å². The summed E-state index contributed by atoms with van der Waals surface area (Å²) < 4.78 is 7.32. The van der Waals surface area contributed by atoms with Crippen LogP contribution < -0.4 is 0 Å². The Kier molecular flexibility index (Phi) is 4.99. The van der Waals surface area contributed by atoms with Crippen LogP contribution in [-0.2, 0) is 11.8 Å². The Morgan fingerprint density at radius 2 is 1.84 bits per heavy atom. The van der Waals surface area contributed by atoms with Gasteiger partial charge in [0.25, 0.3) is 0 Å². The van der Waals surface area contributed by atoms with Gasteiger partial charge in [-0.25, -0.2) is 0 Å². The van der Waals surface area contributed by atoms with E-state index in [2.05, 4.69) is 34.7 Å². The lowest BCUT2D eigenvalue weighted by Gasteiger charge is -2.41. The molecule has 2 fully saturated rings. The molecular formula is C15H27N3O. The number of aromatic nitrogens is 2. The Hall–Kier alpha value is -0.870. The fraction of sp³-hybridized carbons (Fsp3) is 0.800. The normalized spacial score (nSPS) is 21.7. The Morgan fingerprint density at radius 3 is 2.26 bits per heavy atom. The summed E-state index contributed by atoms with van der Waals surface area (Å²) in [5.41, 5.74) is 2.55. The van der Waals surface area contributed by atoms with Crippen LogP contribution in [0.15, 0.2) is 6.07 Å². The van der Waals surface area contributed by atoms with E-state index in [4.69, 9.17) is 4.74 Å². The minimum atomic E-state index is 0.693. The minimum absolute atomic E-state index is 0.693. The number of likely N-dealkylation sites (tertiary alicyclic amines) is 1. The fourth-order valence-corrected chi connectivity index (χ4v) is 3.01.